The van der Waals surface area contributed by atoms with Gasteiger partial charge in [0.25, 0.3) is 0 Å². The molecule has 0 aromatic rings. The van der Waals surface area contributed by atoms with E-state index in [2.05, 4.69) is 27.6 Å². The Morgan fingerprint density at radius 2 is 1.11 bits per heavy atom. The van der Waals surface area contributed by atoms with Crippen molar-refractivity contribution in [1.82, 2.24) is 27.6 Å². The molecule has 0 aliphatic rings. The van der Waals surface area contributed by atoms with E-state index in [4.69, 9.17) is 11.6 Å². The Kier molecular flexibility index (Phi) is 17.5. The SMILES string of the molecule is NCCCCCCCCCCCCNNNNNN. The molecule has 0 heterocycles. The quantitative estimate of drug-likeness (QED) is 0.123. The van der Waals surface area contributed by atoms with Crippen molar-refractivity contribution in [2.24, 2.45) is 11.6 Å². The van der Waals surface area contributed by atoms with Crippen LogP contribution in [-0.2, 0) is 0 Å². The van der Waals surface area contributed by atoms with Crippen LogP contribution in [0.15, 0.2) is 0 Å². The van der Waals surface area contributed by atoms with Crippen LogP contribution in [0.3, 0.4) is 0 Å². The van der Waals surface area contributed by atoms with E-state index in [1.54, 1.807) is 0 Å². The van der Waals surface area contributed by atoms with Crippen molar-refractivity contribution < 1.29 is 0 Å². The third-order valence-electron chi connectivity index (χ3n) is 3.04. The van der Waals surface area contributed by atoms with Crippen molar-refractivity contribution in [3.05, 3.63) is 0 Å². The molecule has 0 spiro atoms. The molecule has 116 valence electrons. The van der Waals surface area contributed by atoms with Crippen LogP contribution < -0.4 is 39.1 Å². The van der Waals surface area contributed by atoms with Crippen LogP contribution in [-0.4, -0.2) is 13.1 Å². The van der Waals surface area contributed by atoms with E-state index >= 15 is 0 Å². The summed E-state index contributed by atoms with van der Waals surface area (Å²) in [6.45, 7) is 1.79. The summed E-state index contributed by atoms with van der Waals surface area (Å²) in [6, 6.07) is 0. The summed E-state index contributed by atoms with van der Waals surface area (Å²) in [5.41, 5.74) is 18.6. The van der Waals surface area contributed by atoms with Crippen molar-refractivity contribution >= 4 is 0 Å². The number of nitrogens with two attached hydrogens (primary N) is 2. The molecule has 0 aliphatic heterocycles. The third kappa shape index (κ3) is 17.7. The molecule has 0 saturated heterocycles. The van der Waals surface area contributed by atoms with E-state index in [0.717, 1.165) is 13.1 Å². The Hall–Kier alpha value is -0.280. The molecule has 0 fully saturated rings. The predicted molar refractivity (Wildman–Crippen MR) is 80.0 cm³/mol. The van der Waals surface area contributed by atoms with Crippen LogP contribution in [0.1, 0.15) is 64.2 Å². The average Bonchev–Trinajstić information content (AvgIpc) is 2.43. The number of hydrogen-bond acceptors (Lipinski definition) is 7. The lowest BCUT2D eigenvalue weighted by Gasteiger charge is -2.08. The van der Waals surface area contributed by atoms with Gasteiger partial charge in [-0.2, -0.15) is 22.1 Å². The number of rotatable bonds is 16. The van der Waals surface area contributed by atoms with Crippen molar-refractivity contribution in [1.29, 1.82) is 0 Å². The summed E-state index contributed by atoms with van der Waals surface area (Å²) >= 11 is 0. The number of hydrazine groups is 5. The highest BCUT2D eigenvalue weighted by molar-refractivity contribution is 4.49. The lowest BCUT2D eigenvalue weighted by Crippen LogP contribution is -2.57. The van der Waals surface area contributed by atoms with Gasteiger partial charge in [0.2, 0.25) is 0 Å². The first-order chi connectivity index (χ1) is 9.41. The fraction of sp³-hybridized carbons (Fsp3) is 1.00. The largest absolute Gasteiger partial charge is 0.330 e. The number of unbranched alkanes of at least 4 members (excludes halogenated alkanes) is 9. The van der Waals surface area contributed by atoms with Gasteiger partial charge < -0.3 is 5.73 Å². The van der Waals surface area contributed by atoms with Crippen LogP contribution in [0, 0.1) is 0 Å². The summed E-state index contributed by atoms with van der Waals surface area (Å²) in [6.07, 6.45) is 13.1. The molecule has 0 radical (unpaired) electrons. The monoisotopic (exact) mass is 275 g/mol. The van der Waals surface area contributed by atoms with Gasteiger partial charge in [-0.25, -0.2) is 5.43 Å². The molecule has 0 aromatic carbocycles. The van der Waals surface area contributed by atoms with Crippen LogP contribution in [0.2, 0.25) is 0 Å². The topological polar surface area (TPSA) is 112 Å². The highest BCUT2D eigenvalue weighted by atomic mass is 15.8. The molecule has 0 aromatic heterocycles. The first kappa shape index (κ1) is 18.7. The molecule has 0 saturated carbocycles. The molecule has 19 heavy (non-hydrogen) atoms. The second-order valence-corrected chi connectivity index (χ2v) is 4.77. The smallest absolute Gasteiger partial charge is 0.0113 e. The molecule has 0 amide bonds. The van der Waals surface area contributed by atoms with E-state index < -0.39 is 0 Å². The first-order valence-electron chi connectivity index (χ1n) is 7.55. The fourth-order valence-electron chi connectivity index (χ4n) is 1.95. The molecule has 0 unspecified atom stereocenters. The molecular weight excluding hydrogens is 242 g/mol. The maximum absolute atomic E-state index is 5.46. The van der Waals surface area contributed by atoms with E-state index in [9.17, 15) is 0 Å². The molecule has 7 heteroatoms. The Bertz CT molecular complexity index is 141. The molecule has 9 N–H and O–H groups in total. The maximum Gasteiger partial charge on any atom is 0.0113 e. The van der Waals surface area contributed by atoms with Crippen molar-refractivity contribution in [2.75, 3.05) is 13.1 Å². The fourth-order valence-corrected chi connectivity index (χ4v) is 1.95. The minimum atomic E-state index is 0.844. The Balaban J connectivity index is 2.88. The summed E-state index contributed by atoms with van der Waals surface area (Å²) in [7, 11) is 0. The molecule has 0 rings (SSSR count). The van der Waals surface area contributed by atoms with E-state index in [1.165, 1.54) is 64.2 Å². The second-order valence-electron chi connectivity index (χ2n) is 4.77. The van der Waals surface area contributed by atoms with Crippen LogP contribution in [0.4, 0.5) is 0 Å². The second kappa shape index (κ2) is 17.7. The van der Waals surface area contributed by atoms with Crippen LogP contribution in [0.5, 0.6) is 0 Å². The number of nitrogens with one attached hydrogen (secondary N) is 5. The van der Waals surface area contributed by atoms with Crippen LogP contribution >= 0.6 is 0 Å². The highest BCUT2D eigenvalue weighted by Crippen LogP contribution is 2.09. The lowest BCUT2D eigenvalue weighted by atomic mass is 10.1. The normalized spacial score (nSPS) is 11.1. The summed E-state index contributed by atoms with van der Waals surface area (Å²) in [5.74, 6) is 4.99. The molecule has 0 atom stereocenters. The summed E-state index contributed by atoms with van der Waals surface area (Å²) in [5, 5.41) is 0. The highest BCUT2D eigenvalue weighted by Gasteiger charge is 1.92. The minimum Gasteiger partial charge on any atom is -0.330 e. The van der Waals surface area contributed by atoms with Gasteiger partial charge in [-0.3, -0.25) is 5.84 Å². The summed E-state index contributed by atoms with van der Waals surface area (Å²) < 4.78 is 0. The van der Waals surface area contributed by atoms with Gasteiger partial charge in [-0.15, -0.1) is 0 Å². The van der Waals surface area contributed by atoms with Crippen molar-refractivity contribution in [3.63, 3.8) is 0 Å². The van der Waals surface area contributed by atoms with Gasteiger partial charge in [0, 0.05) is 6.54 Å². The Labute approximate surface area is 117 Å². The van der Waals surface area contributed by atoms with Gasteiger partial charge in [-0.05, 0) is 19.4 Å². The van der Waals surface area contributed by atoms with Crippen molar-refractivity contribution in [3.8, 4) is 0 Å². The predicted octanol–water partition coefficient (Wildman–Crippen LogP) is 0.328. The van der Waals surface area contributed by atoms with Gasteiger partial charge in [0.05, 0.1) is 0 Å². The van der Waals surface area contributed by atoms with Crippen LogP contribution in [0.25, 0.3) is 0 Å². The maximum atomic E-state index is 5.46. The minimum absolute atomic E-state index is 0.844. The third-order valence-corrected chi connectivity index (χ3v) is 3.04. The van der Waals surface area contributed by atoms with E-state index in [0.29, 0.717) is 0 Å². The lowest BCUT2D eigenvalue weighted by molar-refractivity contribution is 0.326. The Morgan fingerprint density at radius 3 is 1.63 bits per heavy atom. The van der Waals surface area contributed by atoms with E-state index in [1.807, 2.05) is 0 Å². The summed E-state index contributed by atoms with van der Waals surface area (Å²) in [4.78, 5) is 0. The standard InChI is InChI=1S/C12H33N7/c13-11-9-7-5-3-1-2-4-6-8-10-12-15-17-19-18-16-14/h15-19H,1-14H2. The van der Waals surface area contributed by atoms with E-state index in [-0.39, 0.29) is 0 Å². The zero-order valence-corrected chi connectivity index (χ0v) is 12.1. The van der Waals surface area contributed by atoms with Crippen molar-refractivity contribution in [2.45, 2.75) is 64.2 Å². The molecule has 7 nitrogen and oxygen atoms in total. The van der Waals surface area contributed by atoms with Gasteiger partial charge in [0.1, 0.15) is 0 Å². The van der Waals surface area contributed by atoms with Gasteiger partial charge in [-0.1, -0.05) is 51.4 Å². The molecule has 0 bridgehead atoms. The molecular formula is C12H33N7. The number of hydrogen-bond donors (Lipinski definition) is 7. The molecule has 0 aliphatic carbocycles. The average molecular weight is 275 g/mol. The van der Waals surface area contributed by atoms with Gasteiger partial charge in [0.15, 0.2) is 0 Å². The zero-order valence-electron chi connectivity index (χ0n) is 12.1. The zero-order chi connectivity index (χ0) is 14.0. The Morgan fingerprint density at radius 1 is 0.579 bits per heavy atom. The van der Waals surface area contributed by atoms with Gasteiger partial charge >= 0.3 is 0 Å². The first-order valence-corrected chi connectivity index (χ1v) is 7.55.